The number of aromatic nitrogens is 2. The van der Waals surface area contributed by atoms with Crippen LogP contribution in [-0.4, -0.2) is 36.0 Å². The Hall–Kier alpha value is -2.68. The predicted molar refractivity (Wildman–Crippen MR) is 93.8 cm³/mol. The summed E-state index contributed by atoms with van der Waals surface area (Å²) in [5.41, 5.74) is 0.471. The van der Waals surface area contributed by atoms with Gasteiger partial charge in [-0.2, -0.15) is 5.10 Å². The lowest BCUT2D eigenvalue weighted by Crippen LogP contribution is -2.34. The molecule has 1 aromatic heterocycles. The first-order valence-electron chi connectivity index (χ1n) is 7.78. The van der Waals surface area contributed by atoms with Gasteiger partial charge in [-0.3, -0.25) is 19.2 Å². The normalized spacial score (nSPS) is 18.0. The van der Waals surface area contributed by atoms with Crippen molar-refractivity contribution in [1.82, 2.24) is 14.5 Å². The van der Waals surface area contributed by atoms with Crippen LogP contribution >= 0.6 is 0 Å². The second kappa shape index (κ2) is 6.32. The van der Waals surface area contributed by atoms with Crippen molar-refractivity contribution in [3.05, 3.63) is 42.1 Å². The minimum atomic E-state index is -3.64. The number of nitrogens with zero attached hydrogens (tertiary/aromatic N) is 3. The van der Waals surface area contributed by atoms with Crippen LogP contribution < -0.4 is 10.0 Å². The topological polar surface area (TPSA) is 105 Å². The number of carbonyl (C=O) groups is 1. The van der Waals surface area contributed by atoms with Crippen LogP contribution in [0.5, 0.6) is 0 Å². The smallest absolute Gasteiger partial charge is 0.263 e. The lowest BCUT2D eigenvalue weighted by atomic mass is 10.0. The van der Waals surface area contributed by atoms with Crippen LogP contribution in [0.3, 0.4) is 0 Å². The van der Waals surface area contributed by atoms with E-state index in [4.69, 9.17) is 0 Å². The van der Waals surface area contributed by atoms with Gasteiger partial charge in [0.05, 0.1) is 4.90 Å². The average molecular weight is 361 g/mol. The number of rotatable bonds is 4. The molecule has 1 amide bonds. The molecule has 2 heterocycles. The summed E-state index contributed by atoms with van der Waals surface area (Å²) in [6.45, 7) is 3.70. The van der Waals surface area contributed by atoms with Gasteiger partial charge < -0.3 is 5.32 Å². The summed E-state index contributed by atoms with van der Waals surface area (Å²) in [7, 11) is -1.89. The third-order valence-electron chi connectivity index (χ3n) is 3.80. The average Bonchev–Trinajstić information content (AvgIpc) is 3.06. The zero-order valence-electron chi connectivity index (χ0n) is 14.1. The van der Waals surface area contributed by atoms with Crippen LogP contribution in [0.1, 0.15) is 19.4 Å². The molecular weight excluding hydrogens is 342 g/mol. The standard InChI is InChI=1S/C16H19N5O3S/c1-10(2)14(16(22)17-13-8-9-21(3)19-13)18-15-11-6-4-5-7-12(11)25(23,24)20-15/h4-10,14H,1-3H3,(H,18,20)(H,17,19,22). The van der Waals surface area contributed by atoms with Gasteiger partial charge in [0, 0.05) is 24.9 Å². The number of sulfonamides is 1. The maximum Gasteiger partial charge on any atom is 0.263 e. The number of aryl methyl sites for hydroxylation is 1. The second-order valence-electron chi connectivity index (χ2n) is 6.13. The lowest BCUT2D eigenvalue weighted by Gasteiger charge is -2.16. The summed E-state index contributed by atoms with van der Waals surface area (Å²) >= 11 is 0. The van der Waals surface area contributed by atoms with E-state index in [2.05, 4.69) is 20.1 Å². The molecule has 0 radical (unpaired) electrons. The highest BCUT2D eigenvalue weighted by Crippen LogP contribution is 2.23. The number of amidine groups is 1. The molecule has 0 saturated heterocycles. The van der Waals surface area contributed by atoms with Crippen LogP contribution in [0.25, 0.3) is 0 Å². The molecule has 132 valence electrons. The fraction of sp³-hybridized carbons (Fsp3) is 0.312. The van der Waals surface area contributed by atoms with Gasteiger partial charge in [0.2, 0.25) is 0 Å². The molecule has 0 bridgehead atoms. The van der Waals surface area contributed by atoms with E-state index in [0.717, 1.165) is 0 Å². The van der Waals surface area contributed by atoms with Gasteiger partial charge in [-0.1, -0.05) is 26.0 Å². The number of fused-ring (bicyclic) bond motifs is 1. The Morgan fingerprint density at radius 1 is 1.28 bits per heavy atom. The first-order chi connectivity index (χ1) is 11.8. The molecule has 1 atom stereocenters. The van der Waals surface area contributed by atoms with E-state index in [-0.39, 0.29) is 22.6 Å². The number of aliphatic imine (C=N–C) groups is 1. The Morgan fingerprint density at radius 3 is 2.64 bits per heavy atom. The number of carbonyl (C=O) groups excluding carboxylic acids is 1. The molecule has 2 aromatic rings. The first-order valence-corrected chi connectivity index (χ1v) is 9.27. The fourth-order valence-electron chi connectivity index (χ4n) is 2.56. The molecule has 3 rings (SSSR count). The molecule has 1 aliphatic heterocycles. The second-order valence-corrected chi connectivity index (χ2v) is 7.78. The van der Waals surface area contributed by atoms with E-state index in [1.807, 2.05) is 13.8 Å². The molecule has 0 fully saturated rings. The van der Waals surface area contributed by atoms with Crippen LogP contribution in [0.2, 0.25) is 0 Å². The fourth-order valence-corrected chi connectivity index (χ4v) is 3.80. The maximum absolute atomic E-state index is 12.6. The third kappa shape index (κ3) is 3.41. The van der Waals surface area contributed by atoms with Crippen molar-refractivity contribution >= 4 is 27.6 Å². The van der Waals surface area contributed by atoms with E-state index < -0.39 is 16.1 Å². The third-order valence-corrected chi connectivity index (χ3v) is 5.19. The highest BCUT2D eigenvalue weighted by Gasteiger charge is 2.32. The van der Waals surface area contributed by atoms with Gasteiger partial charge >= 0.3 is 0 Å². The molecule has 0 aliphatic carbocycles. The van der Waals surface area contributed by atoms with Crippen LogP contribution in [0.15, 0.2) is 46.4 Å². The van der Waals surface area contributed by atoms with Crippen molar-refractivity contribution in [2.24, 2.45) is 18.0 Å². The Labute approximate surface area is 146 Å². The molecule has 9 heteroatoms. The van der Waals surface area contributed by atoms with Gasteiger partial charge in [0.1, 0.15) is 11.9 Å². The number of hydrogen-bond acceptors (Lipinski definition) is 5. The molecule has 8 nitrogen and oxygen atoms in total. The van der Waals surface area contributed by atoms with E-state index in [1.54, 1.807) is 42.2 Å². The summed E-state index contributed by atoms with van der Waals surface area (Å²) in [6, 6.07) is 7.48. The van der Waals surface area contributed by atoms with E-state index in [0.29, 0.717) is 11.4 Å². The minimum Gasteiger partial charge on any atom is -0.307 e. The van der Waals surface area contributed by atoms with Crippen molar-refractivity contribution in [1.29, 1.82) is 0 Å². The van der Waals surface area contributed by atoms with Crippen LogP contribution in [0, 0.1) is 5.92 Å². The quantitative estimate of drug-likeness (QED) is 0.851. The predicted octanol–water partition coefficient (Wildman–Crippen LogP) is 1.12. The molecule has 1 aliphatic rings. The number of benzene rings is 1. The maximum atomic E-state index is 12.6. The highest BCUT2D eigenvalue weighted by atomic mass is 32.2. The lowest BCUT2D eigenvalue weighted by molar-refractivity contribution is -0.118. The van der Waals surface area contributed by atoms with Crippen molar-refractivity contribution in [3.63, 3.8) is 0 Å². The summed E-state index contributed by atoms with van der Waals surface area (Å²) in [5, 5.41) is 6.82. The molecule has 1 unspecified atom stereocenters. The Balaban J connectivity index is 1.92. The monoisotopic (exact) mass is 361 g/mol. The number of hydrogen-bond donors (Lipinski definition) is 2. The Morgan fingerprint density at radius 2 is 2.00 bits per heavy atom. The number of nitrogens with one attached hydrogen (secondary N) is 2. The number of amides is 1. The SMILES string of the molecule is CC(C)C(N=C1NS(=O)(=O)c2ccccc21)C(=O)Nc1ccn(C)n1. The minimum absolute atomic E-state index is 0.131. The van der Waals surface area contributed by atoms with Crippen LogP contribution in [-0.2, 0) is 21.9 Å². The summed E-state index contributed by atoms with van der Waals surface area (Å²) in [4.78, 5) is 17.1. The number of anilines is 1. The Bertz CT molecular complexity index is 946. The zero-order chi connectivity index (χ0) is 18.2. The molecule has 0 spiro atoms. The molecular formula is C16H19N5O3S. The van der Waals surface area contributed by atoms with Gasteiger partial charge in [0.25, 0.3) is 15.9 Å². The van der Waals surface area contributed by atoms with Crippen molar-refractivity contribution in [2.75, 3.05) is 5.32 Å². The summed E-state index contributed by atoms with van der Waals surface area (Å²) < 4.78 is 28.3. The van der Waals surface area contributed by atoms with Crippen molar-refractivity contribution in [2.45, 2.75) is 24.8 Å². The molecule has 1 aromatic carbocycles. The zero-order valence-corrected chi connectivity index (χ0v) is 14.9. The van der Waals surface area contributed by atoms with Gasteiger partial charge in [0.15, 0.2) is 5.82 Å². The van der Waals surface area contributed by atoms with Gasteiger partial charge in [-0.15, -0.1) is 0 Å². The van der Waals surface area contributed by atoms with Gasteiger partial charge in [-0.05, 0) is 18.1 Å². The van der Waals surface area contributed by atoms with E-state index in [9.17, 15) is 13.2 Å². The van der Waals surface area contributed by atoms with Crippen LogP contribution in [0.4, 0.5) is 5.82 Å². The Kier molecular flexibility index (Phi) is 4.34. The largest absolute Gasteiger partial charge is 0.307 e. The highest BCUT2D eigenvalue weighted by molar-refractivity contribution is 7.90. The van der Waals surface area contributed by atoms with Gasteiger partial charge in [-0.25, -0.2) is 8.42 Å². The van der Waals surface area contributed by atoms with E-state index in [1.165, 1.54) is 6.07 Å². The molecule has 0 saturated carbocycles. The van der Waals surface area contributed by atoms with E-state index >= 15 is 0 Å². The first kappa shape index (κ1) is 17.2. The molecule has 2 N–H and O–H groups in total. The molecule has 25 heavy (non-hydrogen) atoms. The summed E-state index contributed by atoms with van der Waals surface area (Å²) in [6.07, 6.45) is 1.72. The van der Waals surface area contributed by atoms with Crippen molar-refractivity contribution < 1.29 is 13.2 Å². The summed E-state index contributed by atoms with van der Waals surface area (Å²) in [5.74, 6) is 0.134. The van der Waals surface area contributed by atoms with Crippen molar-refractivity contribution in [3.8, 4) is 0 Å².